The molecule has 1 aliphatic heterocycles. The first kappa shape index (κ1) is 24.4. The van der Waals surface area contributed by atoms with Gasteiger partial charge in [0.25, 0.3) is 0 Å². The number of aryl methyl sites for hydroxylation is 2. The average Bonchev–Trinajstić information content (AvgIpc) is 2.96. The van der Waals surface area contributed by atoms with Crippen LogP contribution in [-0.4, -0.2) is 0 Å². The second kappa shape index (κ2) is 10.7. The van der Waals surface area contributed by atoms with Gasteiger partial charge in [-0.1, -0.05) is 96.1 Å². The first-order valence-corrected chi connectivity index (χ1v) is 12.4. The van der Waals surface area contributed by atoms with Gasteiger partial charge in [0.1, 0.15) is 23.5 Å². The fourth-order valence-electron chi connectivity index (χ4n) is 4.58. The Labute approximate surface area is 223 Å². The van der Waals surface area contributed by atoms with Crippen LogP contribution in [0.2, 0.25) is 0 Å². The number of hydrogen-bond donors (Lipinski definition) is 1. The normalized spacial score (nSPS) is 12.9. The molecule has 0 saturated carbocycles. The van der Waals surface area contributed by atoms with Crippen LogP contribution in [0.1, 0.15) is 22.3 Å². The van der Waals surface area contributed by atoms with Gasteiger partial charge in [0.2, 0.25) is 0 Å². The molecule has 1 heterocycles. The van der Waals surface area contributed by atoms with Crippen molar-refractivity contribution in [1.29, 1.82) is 10.5 Å². The third-order valence-electron chi connectivity index (χ3n) is 6.47. The number of benzene rings is 4. The van der Waals surface area contributed by atoms with Crippen molar-refractivity contribution >= 4 is 22.6 Å². The number of nitriles is 2. The molecule has 0 aliphatic carbocycles. The summed E-state index contributed by atoms with van der Waals surface area (Å²) in [6, 6.07) is 40.9. The molecule has 0 unspecified atom stereocenters. The SMILES string of the molecule is Cc1ccc(NC2=CC(=C(C#N)C#N)C(c3ccccc3)=C(c3ccccc3)N2c2ccc(C)cc2)cc1. The Morgan fingerprint density at radius 3 is 1.74 bits per heavy atom. The maximum absolute atomic E-state index is 10.0. The summed E-state index contributed by atoms with van der Waals surface area (Å²) in [4.78, 5) is 2.17. The summed E-state index contributed by atoms with van der Waals surface area (Å²) in [6.07, 6.45) is 1.91. The minimum Gasteiger partial charge on any atom is -0.341 e. The lowest BCUT2D eigenvalue weighted by molar-refractivity contribution is 1.14. The maximum Gasteiger partial charge on any atom is 0.137 e. The highest BCUT2D eigenvalue weighted by atomic mass is 15.3. The number of nitrogens with zero attached hydrogens (tertiary/aromatic N) is 3. The van der Waals surface area contributed by atoms with Crippen molar-refractivity contribution in [3.63, 3.8) is 0 Å². The molecule has 0 atom stereocenters. The Balaban J connectivity index is 1.87. The van der Waals surface area contributed by atoms with Crippen LogP contribution in [0.15, 0.2) is 132 Å². The van der Waals surface area contributed by atoms with E-state index in [0.29, 0.717) is 5.57 Å². The number of rotatable bonds is 5. The average molecular weight is 491 g/mol. The first-order chi connectivity index (χ1) is 18.6. The molecule has 0 spiro atoms. The molecule has 0 saturated heterocycles. The lowest BCUT2D eigenvalue weighted by Gasteiger charge is -2.37. The van der Waals surface area contributed by atoms with Crippen molar-refractivity contribution in [1.82, 2.24) is 0 Å². The van der Waals surface area contributed by atoms with Gasteiger partial charge in [0.05, 0.1) is 5.70 Å². The van der Waals surface area contributed by atoms with Gasteiger partial charge >= 0.3 is 0 Å². The number of anilines is 2. The minimum atomic E-state index is 0.0593. The van der Waals surface area contributed by atoms with Crippen molar-refractivity contribution in [2.45, 2.75) is 13.8 Å². The van der Waals surface area contributed by atoms with Gasteiger partial charge in [0, 0.05) is 22.5 Å². The fourth-order valence-corrected chi connectivity index (χ4v) is 4.58. The zero-order valence-corrected chi connectivity index (χ0v) is 21.3. The van der Waals surface area contributed by atoms with Crippen LogP contribution in [0.25, 0.3) is 11.3 Å². The monoisotopic (exact) mass is 490 g/mol. The van der Waals surface area contributed by atoms with E-state index in [1.807, 2.05) is 66.7 Å². The third-order valence-corrected chi connectivity index (χ3v) is 6.47. The highest BCUT2D eigenvalue weighted by Crippen LogP contribution is 2.44. The number of allylic oxidation sites excluding steroid dienone is 4. The topological polar surface area (TPSA) is 62.9 Å². The fraction of sp³-hybridized carbons (Fsp3) is 0.0588. The first-order valence-electron chi connectivity index (χ1n) is 12.4. The van der Waals surface area contributed by atoms with Crippen molar-refractivity contribution in [2.75, 3.05) is 10.2 Å². The van der Waals surface area contributed by atoms with Crippen LogP contribution in [0.5, 0.6) is 0 Å². The van der Waals surface area contributed by atoms with Crippen molar-refractivity contribution in [3.8, 4) is 12.1 Å². The molecule has 0 aromatic heterocycles. The lowest BCUT2D eigenvalue weighted by Crippen LogP contribution is -2.30. The Kier molecular flexibility index (Phi) is 6.89. The molecule has 4 aromatic carbocycles. The summed E-state index contributed by atoms with van der Waals surface area (Å²) in [7, 11) is 0. The van der Waals surface area contributed by atoms with Gasteiger partial charge < -0.3 is 5.32 Å². The molecule has 182 valence electrons. The van der Waals surface area contributed by atoms with Crippen molar-refractivity contribution in [3.05, 3.63) is 154 Å². The minimum absolute atomic E-state index is 0.0593. The van der Waals surface area contributed by atoms with Crippen molar-refractivity contribution < 1.29 is 0 Å². The van der Waals surface area contributed by atoms with Gasteiger partial charge in [-0.25, -0.2) is 0 Å². The van der Waals surface area contributed by atoms with E-state index in [-0.39, 0.29) is 5.57 Å². The zero-order valence-electron chi connectivity index (χ0n) is 21.3. The maximum atomic E-state index is 10.0. The van der Waals surface area contributed by atoms with E-state index >= 15 is 0 Å². The van der Waals surface area contributed by atoms with Crippen molar-refractivity contribution in [2.24, 2.45) is 0 Å². The van der Waals surface area contributed by atoms with Crippen LogP contribution in [-0.2, 0) is 0 Å². The summed E-state index contributed by atoms with van der Waals surface area (Å²) in [5.41, 5.74) is 8.43. The smallest absolute Gasteiger partial charge is 0.137 e. The molecule has 0 fully saturated rings. The van der Waals surface area contributed by atoms with E-state index in [1.54, 1.807) is 0 Å². The van der Waals surface area contributed by atoms with E-state index in [1.165, 1.54) is 0 Å². The molecule has 5 rings (SSSR count). The standard InChI is InChI=1S/C34H26N4/c1-24-13-17-29(18-14-24)37-32-21-31(28(22-35)23-36)33(26-9-5-3-6-10-26)34(27-11-7-4-8-12-27)38(32)30-19-15-25(2)16-20-30/h3-21,37H,1-2H3. The van der Waals surface area contributed by atoms with E-state index in [0.717, 1.165) is 50.7 Å². The Hall–Kier alpha value is -5.32. The summed E-state index contributed by atoms with van der Waals surface area (Å²) < 4.78 is 0. The summed E-state index contributed by atoms with van der Waals surface area (Å²) in [6.45, 7) is 4.12. The molecule has 0 amide bonds. The predicted molar refractivity (Wildman–Crippen MR) is 154 cm³/mol. The van der Waals surface area contributed by atoms with Crippen LogP contribution < -0.4 is 10.2 Å². The van der Waals surface area contributed by atoms with Crippen LogP contribution in [0.3, 0.4) is 0 Å². The number of nitrogens with one attached hydrogen (secondary N) is 1. The van der Waals surface area contributed by atoms with E-state index in [2.05, 4.69) is 84.7 Å². The Morgan fingerprint density at radius 1 is 0.658 bits per heavy atom. The molecule has 4 aromatic rings. The zero-order chi connectivity index (χ0) is 26.5. The van der Waals surface area contributed by atoms with Gasteiger partial charge in [0.15, 0.2) is 0 Å². The molecular weight excluding hydrogens is 464 g/mol. The molecule has 38 heavy (non-hydrogen) atoms. The largest absolute Gasteiger partial charge is 0.341 e. The number of hydrogen-bond acceptors (Lipinski definition) is 4. The molecule has 1 aliphatic rings. The highest BCUT2D eigenvalue weighted by Gasteiger charge is 2.31. The predicted octanol–water partition coefficient (Wildman–Crippen LogP) is 7.99. The van der Waals surface area contributed by atoms with Gasteiger partial charge in [-0.05, 0) is 55.3 Å². The molecule has 0 bridgehead atoms. The molecular formula is C34H26N4. The van der Waals surface area contributed by atoms with Crippen LogP contribution in [0, 0.1) is 36.5 Å². The van der Waals surface area contributed by atoms with Gasteiger partial charge in [-0.15, -0.1) is 0 Å². The van der Waals surface area contributed by atoms with Gasteiger partial charge in [-0.3, -0.25) is 4.90 Å². The molecule has 4 nitrogen and oxygen atoms in total. The summed E-state index contributed by atoms with van der Waals surface area (Å²) in [5, 5.41) is 23.6. The van der Waals surface area contributed by atoms with Gasteiger partial charge in [-0.2, -0.15) is 10.5 Å². The second-order valence-electron chi connectivity index (χ2n) is 9.16. The second-order valence-corrected chi connectivity index (χ2v) is 9.16. The molecule has 0 radical (unpaired) electrons. The van der Waals surface area contributed by atoms with Crippen LogP contribution >= 0.6 is 0 Å². The third kappa shape index (κ3) is 4.85. The highest BCUT2D eigenvalue weighted by molar-refractivity contribution is 6.08. The lowest BCUT2D eigenvalue weighted by atomic mass is 9.87. The molecule has 1 N–H and O–H groups in total. The summed E-state index contributed by atoms with van der Waals surface area (Å²) >= 11 is 0. The van der Waals surface area contributed by atoms with E-state index < -0.39 is 0 Å². The Bertz CT molecular complexity index is 1610. The van der Waals surface area contributed by atoms with E-state index in [9.17, 15) is 10.5 Å². The quantitative estimate of drug-likeness (QED) is 0.288. The molecule has 4 heteroatoms. The van der Waals surface area contributed by atoms with E-state index in [4.69, 9.17) is 0 Å². The van der Waals surface area contributed by atoms with Crippen LogP contribution in [0.4, 0.5) is 11.4 Å². The Morgan fingerprint density at radius 2 is 1.18 bits per heavy atom. The summed E-state index contributed by atoms with van der Waals surface area (Å²) in [5.74, 6) is 0.745.